The van der Waals surface area contributed by atoms with Gasteiger partial charge in [-0.3, -0.25) is 9.59 Å². The molecule has 24 heavy (non-hydrogen) atoms. The first kappa shape index (κ1) is 16.4. The van der Waals surface area contributed by atoms with E-state index in [4.69, 9.17) is 4.74 Å². The van der Waals surface area contributed by atoms with Crippen LogP contribution in [-0.2, 0) is 13.0 Å². The molecule has 0 aromatic heterocycles. The molecule has 3 rings (SSSR count). The molecule has 0 unspecified atom stereocenters. The normalized spacial score (nSPS) is 13.0. The standard InChI is InChI=1S/C20H20O4/c21-13-16-4-1-2-6-17(16)19(23)9-8-18(22)14-7-10-20-15(12-14)5-3-11-24-20/h1-2,4,6-7,10,12,21H,3,5,8-9,11,13H2. The molecule has 1 heterocycles. The van der Waals surface area contributed by atoms with E-state index in [1.807, 2.05) is 12.1 Å². The first-order valence-corrected chi connectivity index (χ1v) is 8.20. The minimum absolute atomic E-state index is 0.0433. The predicted molar refractivity (Wildman–Crippen MR) is 90.5 cm³/mol. The SMILES string of the molecule is O=C(CCC(=O)c1ccccc1CO)c1ccc2c(c1)CCCO2. The zero-order valence-electron chi connectivity index (χ0n) is 13.5. The molecule has 1 aliphatic rings. The number of benzene rings is 2. The van der Waals surface area contributed by atoms with Gasteiger partial charge in [-0.15, -0.1) is 0 Å². The third-order valence-corrected chi connectivity index (χ3v) is 4.30. The zero-order valence-corrected chi connectivity index (χ0v) is 13.5. The molecule has 1 N–H and O–H groups in total. The van der Waals surface area contributed by atoms with Crippen LogP contribution < -0.4 is 4.74 Å². The lowest BCUT2D eigenvalue weighted by Crippen LogP contribution is -2.11. The molecule has 4 heteroatoms. The number of carbonyl (C=O) groups excluding carboxylic acids is 2. The summed E-state index contributed by atoms with van der Waals surface area (Å²) >= 11 is 0. The number of rotatable bonds is 6. The number of aryl methyl sites for hydroxylation is 1. The van der Waals surface area contributed by atoms with E-state index < -0.39 is 0 Å². The van der Waals surface area contributed by atoms with Crippen molar-refractivity contribution < 1.29 is 19.4 Å². The van der Waals surface area contributed by atoms with Crippen molar-refractivity contribution in [1.29, 1.82) is 0 Å². The van der Waals surface area contributed by atoms with Crippen LogP contribution in [0.1, 0.15) is 51.1 Å². The van der Waals surface area contributed by atoms with Gasteiger partial charge in [-0.1, -0.05) is 24.3 Å². The van der Waals surface area contributed by atoms with Gasteiger partial charge in [0.25, 0.3) is 0 Å². The number of carbonyl (C=O) groups is 2. The molecule has 124 valence electrons. The summed E-state index contributed by atoms with van der Waals surface area (Å²) in [7, 11) is 0. The number of fused-ring (bicyclic) bond motifs is 1. The van der Waals surface area contributed by atoms with E-state index in [9.17, 15) is 14.7 Å². The van der Waals surface area contributed by atoms with Crippen LogP contribution in [0.4, 0.5) is 0 Å². The Hall–Kier alpha value is -2.46. The highest BCUT2D eigenvalue weighted by atomic mass is 16.5. The van der Waals surface area contributed by atoms with Crippen LogP contribution in [0.15, 0.2) is 42.5 Å². The molecule has 4 nitrogen and oxygen atoms in total. The van der Waals surface area contributed by atoms with Crippen LogP contribution in [0.3, 0.4) is 0 Å². The van der Waals surface area contributed by atoms with Crippen LogP contribution >= 0.6 is 0 Å². The van der Waals surface area contributed by atoms with Gasteiger partial charge in [0.05, 0.1) is 13.2 Å². The van der Waals surface area contributed by atoms with Crippen molar-refractivity contribution in [3.63, 3.8) is 0 Å². The van der Waals surface area contributed by atoms with Gasteiger partial charge in [0, 0.05) is 24.0 Å². The van der Waals surface area contributed by atoms with Gasteiger partial charge < -0.3 is 9.84 Å². The summed E-state index contributed by atoms with van der Waals surface area (Å²) in [6.45, 7) is 0.541. The smallest absolute Gasteiger partial charge is 0.163 e. The topological polar surface area (TPSA) is 63.6 Å². The molecule has 0 saturated heterocycles. The molecular formula is C20H20O4. The number of hydrogen-bond donors (Lipinski definition) is 1. The van der Waals surface area contributed by atoms with Crippen molar-refractivity contribution in [2.45, 2.75) is 32.3 Å². The van der Waals surface area contributed by atoms with Crippen LogP contribution in [0, 0.1) is 0 Å². The molecule has 0 radical (unpaired) electrons. The Kier molecular flexibility index (Phi) is 5.06. The van der Waals surface area contributed by atoms with Crippen molar-refractivity contribution in [1.82, 2.24) is 0 Å². The van der Waals surface area contributed by atoms with Crippen LogP contribution in [0.2, 0.25) is 0 Å². The largest absolute Gasteiger partial charge is 0.493 e. The Morgan fingerprint density at radius 2 is 1.83 bits per heavy atom. The predicted octanol–water partition coefficient (Wildman–Crippen LogP) is 3.35. The van der Waals surface area contributed by atoms with Crippen molar-refractivity contribution >= 4 is 11.6 Å². The molecule has 0 aliphatic carbocycles. The third-order valence-electron chi connectivity index (χ3n) is 4.30. The first-order valence-electron chi connectivity index (χ1n) is 8.20. The molecule has 0 bridgehead atoms. The maximum atomic E-state index is 12.4. The van der Waals surface area contributed by atoms with E-state index >= 15 is 0 Å². The van der Waals surface area contributed by atoms with Crippen LogP contribution in [0.25, 0.3) is 0 Å². The highest BCUT2D eigenvalue weighted by Gasteiger charge is 2.16. The molecule has 0 atom stereocenters. The number of hydrogen-bond acceptors (Lipinski definition) is 4. The zero-order chi connectivity index (χ0) is 16.9. The number of aliphatic hydroxyl groups excluding tert-OH is 1. The van der Waals surface area contributed by atoms with Gasteiger partial charge in [0.15, 0.2) is 11.6 Å². The summed E-state index contributed by atoms with van der Waals surface area (Å²) in [5, 5.41) is 9.30. The van der Waals surface area contributed by atoms with Gasteiger partial charge in [-0.05, 0) is 42.2 Å². The lowest BCUT2D eigenvalue weighted by atomic mass is 9.96. The van der Waals surface area contributed by atoms with Crippen molar-refractivity contribution in [3.05, 3.63) is 64.7 Å². The molecular weight excluding hydrogens is 304 g/mol. The molecule has 0 saturated carbocycles. The molecule has 0 fully saturated rings. The van der Waals surface area contributed by atoms with Crippen molar-refractivity contribution in [2.24, 2.45) is 0 Å². The van der Waals surface area contributed by atoms with E-state index in [1.54, 1.807) is 30.3 Å². The average Bonchev–Trinajstić information content (AvgIpc) is 2.65. The van der Waals surface area contributed by atoms with E-state index in [0.717, 1.165) is 30.8 Å². The fourth-order valence-corrected chi connectivity index (χ4v) is 2.97. The van der Waals surface area contributed by atoms with Gasteiger partial charge in [0.1, 0.15) is 5.75 Å². The molecule has 0 spiro atoms. The summed E-state index contributed by atoms with van der Waals surface area (Å²) in [5.41, 5.74) is 2.78. The highest BCUT2D eigenvalue weighted by molar-refractivity contribution is 6.02. The quantitative estimate of drug-likeness (QED) is 0.828. The molecule has 0 amide bonds. The summed E-state index contributed by atoms with van der Waals surface area (Å²) < 4.78 is 5.55. The van der Waals surface area contributed by atoms with Crippen molar-refractivity contribution in [3.8, 4) is 5.75 Å². The second kappa shape index (κ2) is 7.41. The summed E-state index contributed by atoms with van der Waals surface area (Å²) in [5.74, 6) is 0.693. The number of ether oxygens (including phenoxy) is 1. The number of Topliss-reactive ketones (excluding diaryl/α,β-unsaturated/α-hetero) is 2. The Morgan fingerprint density at radius 1 is 1.04 bits per heavy atom. The van der Waals surface area contributed by atoms with Gasteiger partial charge in [-0.25, -0.2) is 0 Å². The highest BCUT2D eigenvalue weighted by Crippen LogP contribution is 2.26. The summed E-state index contributed by atoms with van der Waals surface area (Å²) in [4.78, 5) is 24.7. The summed E-state index contributed by atoms with van der Waals surface area (Å²) in [6, 6.07) is 12.4. The number of aliphatic hydroxyl groups is 1. The van der Waals surface area contributed by atoms with Gasteiger partial charge >= 0.3 is 0 Å². The van der Waals surface area contributed by atoms with Gasteiger partial charge in [-0.2, -0.15) is 0 Å². The van der Waals surface area contributed by atoms with Crippen LogP contribution in [0.5, 0.6) is 5.75 Å². The fraction of sp³-hybridized carbons (Fsp3) is 0.300. The average molecular weight is 324 g/mol. The second-order valence-corrected chi connectivity index (χ2v) is 5.94. The van der Waals surface area contributed by atoms with E-state index in [0.29, 0.717) is 16.7 Å². The molecule has 1 aliphatic heterocycles. The van der Waals surface area contributed by atoms with Gasteiger partial charge in [0.2, 0.25) is 0 Å². The fourth-order valence-electron chi connectivity index (χ4n) is 2.97. The first-order chi connectivity index (χ1) is 11.7. The monoisotopic (exact) mass is 324 g/mol. The van der Waals surface area contributed by atoms with Crippen LogP contribution in [-0.4, -0.2) is 23.3 Å². The van der Waals surface area contributed by atoms with E-state index in [-0.39, 0.29) is 31.0 Å². The lowest BCUT2D eigenvalue weighted by Gasteiger charge is -2.17. The number of ketones is 2. The van der Waals surface area contributed by atoms with E-state index in [1.165, 1.54) is 0 Å². The Labute approximate surface area is 141 Å². The Bertz CT molecular complexity index is 764. The molecule has 2 aromatic carbocycles. The Balaban J connectivity index is 1.66. The third kappa shape index (κ3) is 3.54. The maximum Gasteiger partial charge on any atom is 0.163 e. The minimum Gasteiger partial charge on any atom is -0.493 e. The second-order valence-electron chi connectivity index (χ2n) is 5.94. The lowest BCUT2D eigenvalue weighted by molar-refractivity contribution is 0.0916. The molecule has 2 aromatic rings. The minimum atomic E-state index is -0.180. The maximum absolute atomic E-state index is 12.4. The Morgan fingerprint density at radius 3 is 2.67 bits per heavy atom. The van der Waals surface area contributed by atoms with Crippen molar-refractivity contribution in [2.75, 3.05) is 6.61 Å². The summed E-state index contributed by atoms with van der Waals surface area (Å²) in [6.07, 6.45) is 2.18. The van der Waals surface area contributed by atoms with E-state index in [2.05, 4.69) is 0 Å².